The van der Waals surface area contributed by atoms with Gasteiger partial charge in [-0.1, -0.05) is 6.92 Å². The maximum absolute atomic E-state index is 9.29. The molecule has 3 N–H and O–H groups in total. The quantitative estimate of drug-likeness (QED) is 0.772. The van der Waals surface area contributed by atoms with Gasteiger partial charge in [-0.3, -0.25) is 0 Å². The van der Waals surface area contributed by atoms with E-state index in [4.69, 9.17) is 10.5 Å². The van der Waals surface area contributed by atoms with Gasteiger partial charge in [-0.15, -0.1) is 0 Å². The van der Waals surface area contributed by atoms with Crippen LogP contribution in [0.5, 0.6) is 6.01 Å². The summed E-state index contributed by atoms with van der Waals surface area (Å²) in [5, 5.41) is 9.29. The molecule has 0 spiro atoms. The number of aliphatic hydroxyl groups is 1. The summed E-state index contributed by atoms with van der Waals surface area (Å²) < 4.78 is 5.38. The van der Waals surface area contributed by atoms with Gasteiger partial charge in [0.15, 0.2) is 0 Å². The molecule has 0 unspecified atom stereocenters. The molecule has 0 aromatic carbocycles. The largest absolute Gasteiger partial charge is 0.463 e. The van der Waals surface area contributed by atoms with E-state index < -0.39 is 0 Å². The molecule has 1 aliphatic rings. The van der Waals surface area contributed by atoms with E-state index in [-0.39, 0.29) is 18.1 Å². The normalized spacial score (nSPS) is 21.8. The summed E-state index contributed by atoms with van der Waals surface area (Å²) in [6.07, 6.45) is 2.41. The Morgan fingerprint density at radius 2 is 2.11 bits per heavy atom. The van der Waals surface area contributed by atoms with Gasteiger partial charge in [0.1, 0.15) is 0 Å². The van der Waals surface area contributed by atoms with E-state index in [2.05, 4.69) is 15.0 Å². The Morgan fingerprint density at radius 1 is 1.37 bits per heavy atom. The number of anilines is 2. The Balaban J connectivity index is 1.99. The minimum absolute atomic E-state index is 0.148. The summed E-state index contributed by atoms with van der Waals surface area (Å²) in [7, 11) is 1.91. The van der Waals surface area contributed by atoms with Crippen LogP contribution in [0, 0.1) is 5.92 Å². The number of nitrogens with two attached hydrogens (primary N) is 1. The summed E-state index contributed by atoms with van der Waals surface area (Å²) in [5.74, 6) is 1.16. The van der Waals surface area contributed by atoms with Gasteiger partial charge in [0.2, 0.25) is 11.9 Å². The van der Waals surface area contributed by atoms with Crippen molar-refractivity contribution in [1.82, 2.24) is 15.0 Å². The smallest absolute Gasteiger partial charge is 0.323 e. The summed E-state index contributed by atoms with van der Waals surface area (Å²) in [6.45, 7) is 3.37. The van der Waals surface area contributed by atoms with Crippen molar-refractivity contribution in [2.75, 3.05) is 30.8 Å². The molecule has 0 saturated heterocycles. The minimum Gasteiger partial charge on any atom is -0.463 e. The predicted molar refractivity (Wildman–Crippen MR) is 72.0 cm³/mol. The van der Waals surface area contributed by atoms with Crippen molar-refractivity contribution in [2.24, 2.45) is 5.92 Å². The molecule has 7 nitrogen and oxygen atoms in total. The molecule has 0 atom stereocenters. The third kappa shape index (κ3) is 3.66. The van der Waals surface area contributed by atoms with Crippen LogP contribution in [-0.2, 0) is 0 Å². The molecule has 1 aliphatic carbocycles. The van der Waals surface area contributed by atoms with E-state index in [1.807, 2.05) is 18.9 Å². The first-order valence-electron chi connectivity index (χ1n) is 6.62. The summed E-state index contributed by atoms with van der Waals surface area (Å²) in [6, 6.07) is 0.268. The van der Waals surface area contributed by atoms with Crippen LogP contribution in [0.1, 0.15) is 26.2 Å². The van der Waals surface area contributed by atoms with Crippen molar-refractivity contribution in [1.29, 1.82) is 0 Å². The Kier molecular flexibility index (Phi) is 4.36. The van der Waals surface area contributed by atoms with Gasteiger partial charge in [-0.25, -0.2) is 0 Å². The number of rotatable bonds is 6. The molecule has 1 heterocycles. The molecule has 106 valence electrons. The van der Waals surface area contributed by atoms with Crippen LogP contribution >= 0.6 is 0 Å². The monoisotopic (exact) mass is 267 g/mol. The lowest BCUT2D eigenvalue weighted by molar-refractivity contribution is 0.0463. The van der Waals surface area contributed by atoms with Gasteiger partial charge < -0.3 is 20.5 Å². The van der Waals surface area contributed by atoms with E-state index in [1.165, 1.54) is 0 Å². The molecular formula is C12H21N5O2. The van der Waals surface area contributed by atoms with E-state index in [0.29, 0.717) is 18.5 Å². The molecule has 2 rings (SSSR count). The maximum atomic E-state index is 9.29. The van der Waals surface area contributed by atoms with Gasteiger partial charge in [0, 0.05) is 13.6 Å². The molecular weight excluding hydrogens is 246 g/mol. The predicted octanol–water partition coefficient (Wildman–Crippen LogP) is 0.450. The molecule has 1 saturated carbocycles. The van der Waals surface area contributed by atoms with Crippen LogP contribution in [0.4, 0.5) is 11.9 Å². The number of ether oxygens (including phenoxy) is 1. The van der Waals surface area contributed by atoms with Crippen LogP contribution in [0.2, 0.25) is 0 Å². The number of nitrogen functional groups attached to an aromatic ring is 1. The first-order chi connectivity index (χ1) is 9.08. The first-order valence-corrected chi connectivity index (χ1v) is 6.62. The third-order valence-corrected chi connectivity index (χ3v) is 3.14. The fraction of sp³-hybridized carbons (Fsp3) is 0.750. The molecule has 0 radical (unpaired) electrons. The van der Waals surface area contributed by atoms with E-state index in [1.54, 1.807) is 0 Å². The van der Waals surface area contributed by atoms with Crippen molar-refractivity contribution in [3.63, 3.8) is 0 Å². The molecule has 0 amide bonds. The average molecular weight is 267 g/mol. The average Bonchev–Trinajstić information content (AvgIpc) is 2.33. The van der Waals surface area contributed by atoms with Gasteiger partial charge in [-0.2, -0.15) is 15.0 Å². The fourth-order valence-electron chi connectivity index (χ4n) is 2.11. The molecule has 19 heavy (non-hydrogen) atoms. The van der Waals surface area contributed by atoms with Gasteiger partial charge in [0.05, 0.1) is 12.7 Å². The third-order valence-electron chi connectivity index (χ3n) is 3.14. The van der Waals surface area contributed by atoms with E-state index in [9.17, 15) is 5.11 Å². The molecule has 1 aromatic rings. The van der Waals surface area contributed by atoms with Crippen LogP contribution in [0.15, 0.2) is 0 Å². The Hall–Kier alpha value is -1.63. The number of aromatic nitrogens is 3. The Bertz CT molecular complexity index is 423. The van der Waals surface area contributed by atoms with E-state index >= 15 is 0 Å². The number of hydrogen-bond donors (Lipinski definition) is 2. The van der Waals surface area contributed by atoms with Gasteiger partial charge >= 0.3 is 6.01 Å². The Morgan fingerprint density at radius 3 is 2.74 bits per heavy atom. The number of aliphatic hydroxyl groups excluding tert-OH is 1. The number of nitrogens with zero attached hydrogens (tertiary/aromatic N) is 4. The highest BCUT2D eigenvalue weighted by Gasteiger charge is 2.28. The Labute approximate surface area is 112 Å². The lowest BCUT2D eigenvalue weighted by Crippen LogP contribution is -2.37. The fourth-order valence-corrected chi connectivity index (χ4v) is 2.11. The minimum atomic E-state index is -0.148. The molecule has 7 heteroatoms. The highest BCUT2D eigenvalue weighted by Crippen LogP contribution is 2.28. The standard InChI is InChI=1S/C12H21N5O2/c1-3-4-19-12-15-10(13)14-11(16-12)17(2)7-8-5-9(18)6-8/h8-9,18H,3-7H2,1-2H3,(H2,13,14,15,16). The molecule has 0 bridgehead atoms. The van der Waals surface area contributed by atoms with Gasteiger partial charge in [-0.05, 0) is 25.2 Å². The number of hydrogen-bond acceptors (Lipinski definition) is 7. The van der Waals surface area contributed by atoms with Crippen molar-refractivity contribution < 1.29 is 9.84 Å². The van der Waals surface area contributed by atoms with Crippen molar-refractivity contribution in [2.45, 2.75) is 32.3 Å². The van der Waals surface area contributed by atoms with Crippen LogP contribution in [0.3, 0.4) is 0 Å². The van der Waals surface area contributed by atoms with Crippen molar-refractivity contribution >= 4 is 11.9 Å². The molecule has 0 aliphatic heterocycles. The molecule has 1 aromatic heterocycles. The summed E-state index contributed by atoms with van der Waals surface area (Å²) in [4.78, 5) is 14.2. The zero-order valence-corrected chi connectivity index (χ0v) is 11.4. The van der Waals surface area contributed by atoms with Crippen LogP contribution < -0.4 is 15.4 Å². The zero-order valence-electron chi connectivity index (χ0n) is 11.4. The van der Waals surface area contributed by atoms with Crippen molar-refractivity contribution in [3.05, 3.63) is 0 Å². The SMILES string of the molecule is CCCOc1nc(N)nc(N(C)CC2CC(O)C2)n1. The van der Waals surface area contributed by atoms with Crippen LogP contribution in [-0.4, -0.2) is 46.4 Å². The lowest BCUT2D eigenvalue weighted by Gasteiger charge is -2.34. The highest BCUT2D eigenvalue weighted by molar-refractivity contribution is 5.35. The van der Waals surface area contributed by atoms with Gasteiger partial charge in [0.25, 0.3) is 0 Å². The molecule has 1 fully saturated rings. The first kappa shape index (κ1) is 13.8. The summed E-state index contributed by atoms with van der Waals surface area (Å²) >= 11 is 0. The second-order valence-electron chi connectivity index (χ2n) is 5.00. The topological polar surface area (TPSA) is 97.4 Å². The zero-order chi connectivity index (χ0) is 13.8. The van der Waals surface area contributed by atoms with Crippen LogP contribution in [0.25, 0.3) is 0 Å². The second kappa shape index (κ2) is 6.01. The lowest BCUT2D eigenvalue weighted by atomic mass is 9.82. The second-order valence-corrected chi connectivity index (χ2v) is 5.00. The summed E-state index contributed by atoms with van der Waals surface area (Å²) in [5.41, 5.74) is 5.66. The highest BCUT2D eigenvalue weighted by atomic mass is 16.5. The van der Waals surface area contributed by atoms with E-state index in [0.717, 1.165) is 25.8 Å². The van der Waals surface area contributed by atoms with Crippen molar-refractivity contribution in [3.8, 4) is 6.01 Å². The maximum Gasteiger partial charge on any atom is 0.323 e.